The van der Waals surface area contributed by atoms with E-state index >= 15 is 0 Å². The van der Waals surface area contributed by atoms with Crippen LogP contribution in [0.2, 0.25) is 0 Å². The SMILES string of the molecule is Cc1ccccc1CN(CC(C)C)C1CC(C(=O)NCC2CCCC(CN)C2)N(C(=O)c2cccs2)C1. The largest absolute Gasteiger partial charge is 0.354 e. The van der Waals surface area contributed by atoms with Gasteiger partial charge in [-0.25, -0.2) is 0 Å². The van der Waals surface area contributed by atoms with E-state index in [1.54, 1.807) is 0 Å². The number of hydrogen-bond acceptors (Lipinski definition) is 5. The molecule has 6 nitrogen and oxygen atoms in total. The molecule has 4 unspecified atom stereocenters. The van der Waals surface area contributed by atoms with Gasteiger partial charge in [0, 0.05) is 32.2 Å². The molecular weight excluding hydrogens is 480 g/mol. The molecule has 7 heteroatoms. The van der Waals surface area contributed by atoms with E-state index in [9.17, 15) is 9.59 Å². The van der Waals surface area contributed by atoms with Crippen molar-refractivity contribution in [1.82, 2.24) is 15.1 Å². The molecule has 3 N–H and O–H groups in total. The third-order valence-corrected chi connectivity index (χ3v) is 8.97. The lowest BCUT2D eigenvalue weighted by molar-refractivity contribution is -0.125. The van der Waals surface area contributed by atoms with Crippen molar-refractivity contribution in [2.24, 2.45) is 23.5 Å². The molecule has 2 aliphatic rings. The number of amides is 2. The predicted molar refractivity (Wildman–Crippen MR) is 151 cm³/mol. The minimum atomic E-state index is -0.444. The molecule has 0 spiro atoms. The number of likely N-dealkylation sites (tertiary alicyclic amines) is 1. The standard InChI is InChI=1S/C30H44N4O2S/c1-21(2)18-33(19-25-11-5-4-8-22(25)3)26-15-27(34(20-26)30(36)28-12-7-13-37-28)29(35)32-17-24-10-6-9-23(14-24)16-31/h4-5,7-8,11-13,21,23-24,26-27H,6,9-10,14-20,31H2,1-3H3,(H,32,35). The van der Waals surface area contributed by atoms with Crippen LogP contribution in [0.4, 0.5) is 0 Å². The van der Waals surface area contributed by atoms with Crippen molar-refractivity contribution in [3.8, 4) is 0 Å². The monoisotopic (exact) mass is 524 g/mol. The summed E-state index contributed by atoms with van der Waals surface area (Å²) in [7, 11) is 0. The van der Waals surface area contributed by atoms with Gasteiger partial charge in [0.25, 0.3) is 5.91 Å². The number of aryl methyl sites for hydroxylation is 1. The first-order valence-electron chi connectivity index (χ1n) is 14.0. The molecule has 1 saturated heterocycles. The second-order valence-electron chi connectivity index (χ2n) is 11.5. The normalized spacial score (nSPS) is 24.1. The van der Waals surface area contributed by atoms with Crippen LogP contribution in [0, 0.1) is 24.7 Å². The first kappa shape index (κ1) is 27.8. The van der Waals surface area contributed by atoms with Gasteiger partial charge in [-0.3, -0.25) is 14.5 Å². The van der Waals surface area contributed by atoms with Gasteiger partial charge in [0.05, 0.1) is 4.88 Å². The first-order chi connectivity index (χ1) is 17.9. The van der Waals surface area contributed by atoms with Gasteiger partial charge in [-0.05, 0) is 79.5 Å². The lowest BCUT2D eigenvalue weighted by Gasteiger charge is -2.31. The first-order valence-corrected chi connectivity index (χ1v) is 14.8. The molecule has 0 bridgehead atoms. The Morgan fingerprint density at radius 1 is 1.14 bits per heavy atom. The minimum Gasteiger partial charge on any atom is -0.354 e. The highest BCUT2D eigenvalue weighted by molar-refractivity contribution is 7.12. The summed E-state index contributed by atoms with van der Waals surface area (Å²) < 4.78 is 0. The fraction of sp³-hybridized carbons (Fsp3) is 0.600. The van der Waals surface area contributed by atoms with Crippen LogP contribution in [0.5, 0.6) is 0 Å². The van der Waals surface area contributed by atoms with E-state index in [2.05, 4.69) is 55.3 Å². The second-order valence-corrected chi connectivity index (χ2v) is 12.4. The van der Waals surface area contributed by atoms with Crippen molar-refractivity contribution in [1.29, 1.82) is 0 Å². The number of thiophene rings is 1. The summed E-state index contributed by atoms with van der Waals surface area (Å²) >= 11 is 1.45. The average molecular weight is 525 g/mol. The quantitative estimate of drug-likeness (QED) is 0.473. The fourth-order valence-corrected chi connectivity index (χ4v) is 6.75. The highest BCUT2D eigenvalue weighted by Gasteiger charge is 2.42. The Kier molecular flexibility index (Phi) is 9.79. The Labute approximate surface area is 226 Å². The van der Waals surface area contributed by atoms with Crippen molar-refractivity contribution in [2.45, 2.75) is 71.5 Å². The van der Waals surface area contributed by atoms with E-state index < -0.39 is 6.04 Å². The molecule has 1 aliphatic carbocycles. The van der Waals surface area contributed by atoms with Crippen LogP contribution in [0.1, 0.15) is 66.8 Å². The average Bonchev–Trinajstić information content (AvgIpc) is 3.59. The molecule has 2 aromatic rings. The third kappa shape index (κ3) is 7.21. The maximum atomic E-state index is 13.6. The second kappa shape index (κ2) is 13.0. The van der Waals surface area contributed by atoms with Crippen molar-refractivity contribution < 1.29 is 9.59 Å². The summed E-state index contributed by atoms with van der Waals surface area (Å²) in [6.45, 7) is 10.4. The summed E-state index contributed by atoms with van der Waals surface area (Å²) in [4.78, 5) is 32.1. The number of nitrogens with one attached hydrogen (secondary N) is 1. The van der Waals surface area contributed by atoms with E-state index in [-0.39, 0.29) is 17.9 Å². The topological polar surface area (TPSA) is 78.7 Å². The third-order valence-electron chi connectivity index (χ3n) is 8.11. The number of hydrogen-bond donors (Lipinski definition) is 2. The van der Waals surface area contributed by atoms with E-state index in [1.807, 2.05) is 22.4 Å². The Morgan fingerprint density at radius 3 is 2.62 bits per heavy atom. The van der Waals surface area contributed by atoms with Crippen LogP contribution in [-0.4, -0.2) is 59.9 Å². The zero-order chi connectivity index (χ0) is 26.4. The summed E-state index contributed by atoms with van der Waals surface area (Å²) in [5.41, 5.74) is 8.51. The van der Waals surface area contributed by atoms with Gasteiger partial charge in [-0.2, -0.15) is 0 Å². The number of nitrogens with two attached hydrogens (primary N) is 1. The van der Waals surface area contributed by atoms with Crippen molar-refractivity contribution in [2.75, 3.05) is 26.2 Å². The zero-order valence-corrected chi connectivity index (χ0v) is 23.5. The van der Waals surface area contributed by atoms with E-state index in [1.165, 1.54) is 35.3 Å². The van der Waals surface area contributed by atoms with Gasteiger partial charge >= 0.3 is 0 Å². The fourth-order valence-electron chi connectivity index (χ4n) is 6.08. The Bertz CT molecular complexity index is 1020. The van der Waals surface area contributed by atoms with Gasteiger partial charge in [0.15, 0.2) is 0 Å². The predicted octanol–water partition coefficient (Wildman–Crippen LogP) is 4.68. The molecule has 1 saturated carbocycles. The molecule has 1 aromatic heterocycles. The molecule has 1 aromatic carbocycles. The smallest absolute Gasteiger partial charge is 0.264 e. The molecule has 37 heavy (non-hydrogen) atoms. The van der Waals surface area contributed by atoms with Gasteiger partial charge in [0.1, 0.15) is 6.04 Å². The molecule has 4 rings (SSSR count). The van der Waals surface area contributed by atoms with Gasteiger partial charge in [0.2, 0.25) is 5.91 Å². The van der Waals surface area contributed by atoms with Crippen LogP contribution in [0.15, 0.2) is 41.8 Å². The van der Waals surface area contributed by atoms with Crippen molar-refractivity contribution in [3.05, 3.63) is 57.8 Å². The maximum Gasteiger partial charge on any atom is 0.264 e. The zero-order valence-electron chi connectivity index (χ0n) is 22.7. The van der Waals surface area contributed by atoms with Gasteiger partial charge in [-0.1, -0.05) is 50.6 Å². The van der Waals surface area contributed by atoms with Crippen molar-refractivity contribution in [3.63, 3.8) is 0 Å². The van der Waals surface area contributed by atoms with Gasteiger partial charge in [-0.15, -0.1) is 11.3 Å². The number of nitrogens with zero attached hydrogens (tertiary/aromatic N) is 2. The summed E-state index contributed by atoms with van der Waals surface area (Å²) in [5, 5.41) is 5.17. The Morgan fingerprint density at radius 2 is 1.92 bits per heavy atom. The molecule has 2 heterocycles. The van der Waals surface area contributed by atoms with E-state index in [0.29, 0.717) is 42.1 Å². The van der Waals surface area contributed by atoms with Crippen LogP contribution in [0.3, 0.4) is 0 Å². The molecule has 4 atom stereocenters. The summed E-state index contributed by atoms with van der Waals surface area (Å²) in [5.74, 6) is 1.49. The summed E-state index contributed by atoms with van der Waals surface area (Å²) in [6.07, 6.45) is 5.26. The molecule has 2 fully saturated rings. The highest BCUT2D eigenvalue weighted by Crippen LogP contribution is 2.30. The molecule has 202 valence electrons. The molecular formula is C30H44N4O2S. The van der Waals surface area contributed by atoms with Crippen LogP contribution in [0.25, 0.3) is 0 Å². The number of carbonyl (C=O) groups is 2. The maximum absolute atomic E-state index is 13.6. The van der Waals surface area contributed by atoms with Gasteiger partial charge < -0.3 is 16.0 Å². The molecule has 2 amide bonds. The Hall–Kier alpha value is -2.22. The van der Waals surface area contributed by atoms with Crippen LogP contribution >= 0.6 is 11.3 Å². The van der Waals surface area contributed by atoms with Crippen molar-refractivity contribution >= 4 is 23.2 Å². The highest BCUT2D eigenvalue weighted by atomic mass is 32.1. The number of benzene rings is 1. The van der Waals surface area contributed by atoms with E-state index in [4.69, 9.17) is 5.73 Å². The van der Waals surface area contributed by atoms with Crippen LogP contribution in [-0.2, 0) is 11.3 Å². The molecule has 0 radical (unpaired) electrons. The summed E-state index contributed by atoms with van der Waals surface area (Å²) in [6, 6.07) is 12.0. The number of carbonyl (C=O) groups excluding carboxylic acids is 2. The Balaban J connectivity index is 1.50. The lowest BCUT2D eigenvalue weighted by Crippen LogP contribution is -2.47. The molecule has 1 aliphatic heterocycles. The minimum absolute atomic E-state index is 0.0114. The lowest BCUT2D eigenvalue weighted by atomic mass is 9.81. The van der Waals surface area contributed by atoms with Crippen LogP contribution < -0.4 is 11.1 Å². The number of rotatable bonds is 10. The van der Waals surface area contributed by atoms with E-state index in [0.717, 1.165) is 32.5 Å².